The van der Waals surface area contributed by atoms with Gasteiger partial charge in [0.05, 0.1) is 12.2 Å². The molecule has 0 fully saturated rings. The van der Waals surface area contributed by atoms with Crippen molar-refractivity contribution in [3.63, 3.8) is 0 Å². The highest BCUT2D eigenvalue weighted by molar-refractivity contribution is 5.87. The first-order chi connectivity index (χ1) is 10.1. The predicted octanol–water partition coefficient (Wildman–Crippen LogP) is 1.72. The van der Waals surface area contributed by atoms with E-state index in [2.05, 4.69) is 4.98 Å². The number of benzene rings is 1. The maximum atomic E-state index is 11.5. The quantitative estimate of drug-likeness (QED) is 0.818. The summed E-state index contributed by atoms with van der Waals surface area (Å²) in [6.45, 7) is 2.77. The lowest BCUT2D eigenvalue weighted by atomic mass is 10.2. The second kappa shape index (κ2) is 6.69. The molecule has 0 saturated carbocycles. The van der Waals surface area contributed by atoms with Crippen LogP contribution in [0.1, 0.15) is 22.3 Å². The number of hydrogen-bond donors (Lipinski definition) is 1. The normalized spacial score (nSPS) is 10.3. The van der Waals surface area contributed by atoms with E-state index < -0.39 is 5.97 Å². The first-order valence-electron chi connectivity index (χ1n) is 6.55. The monoisotopic (exact) mass is 288 g/mol. The molecule has 1 heterocycles. The van der Waals surface area contributed by atoms with E-state index >= 15 is 0 Å². The SMILES string of the molecule is Cc1cnc(=O)n(CCCOc2cccc(C(=O)O)c2)c1. The highest BCUT2D eigenvalue weighted by atomic mass is 16.5. The second-order valence-corrected chi connectivity index (χ2v) is 4.64. The minimum atomic E-state index is -0.988. The second-order valence-electron chi connectivity index (χ2n) is 4.64. The van der Waals surface area contributed by atoms with Gasteiger partial charge in [0.25, 0.3) is 0 Å². The van der Waals surface area contributed by atoms with E-state index in [0.717, 1.165) is 5.56 Å². The Kier molecular flexibility index (Phi) is 4.71. The minimum Gasteiger partial charge on any atom is -0.494 e. The molecule has 0 amide bonds. The van der Waals surface area contributed by atoms with Crippen LogP contribution in [0, 0.1) is 6.92 Å². The number of rotatable bonds is 6. The van der Waals surface area contributed by atoms with Gasteiger partial charge in [-0.25, -0.2) is 14.6 Å². The summed E-state index contributed by atoms with van der Waals surface area (Å²) in [6, 6.07) is 6.32. The van der Waals surface area contributed by atoms with Crippen LogP contribution in [-0.4, -0.2) is 27.2 Å². The molecule has 110 valence electrons. The van der Waals surface area contributed by atoms with E-state index in [0.29, 0.717) is 25.3 Å². The van der Waals surface area contributed by atoms with E-state index in [4.69, 9.17) is 9.84 Å². The van der Waals surface area contributed by atoms with Crippen LogP contribution in [0.15, 0.2) is 41.5 Å². The van der Waals surface area contributed by atoms with Crippen molar-refractivity contribution in [1.82, 2.24) is 9.55 Å². The summed E-state index contributed by atoms with van der Waals surface area (Å²) in [7, 11) is 0. The van der Waals surface area contributed by atoms with Crippen molar-refractivity contribution < 1.29 is 14.6 Å². The van der Waals surface area contributed by atoms with Crippen LogP contribution in [0.4, 0.5) is 0 Å². The molecular weight excluding hydrogens is 272 g/mol. The molecule has 0 unspecified atom stereocenters. The van der Waals surface area contributed by atoms with Gasteiger partial charge < -0.3 is 9.84 Å². The Labute approximate surface area is 121 Å². The Morgan fingerprint density at radius 1 is 1.43 bits per heavy atom. The maximum Gasteiger partial charge on any atom is 0.347 e. The van der Waals surface area contributed by atoms with Crippen LogP contribution >= 0.6 is 0 Å². The molecule has 0 spiro atoms. The summed E-state index contributed by atoms with van der Waals surface area (Å²) in [4.78, 5) is 26.1. The number of ether oxygens (including phenoxy) is 1. The fraction of sp³-hybridized carbons (Fsp3) is 0.267. The van der Waals surface area contributed by atoms with Crippen molar-refractivity contribution in [3.8, 4) is 5.75 Å². The lowest BCUT2D eigenvalue weighted by molar-refractivity contribution is 0.0696. The molecule has 6 heteroatoms. The molecular formula is C15H16N2O4. The van der Waals surface area contributed by atoms with Gasteiger partial charge in [-0.15, -0.1) is 0 Å². The van der Waals surface area contributed by atoms with E-state index in [-0.39, 0.29) is 11.3 Å². The van der Waals surface area contributed by atoms with Gasteiger partial charge in [0.2, 0.25) is 0 Å². The number of carboxylic acids is 1. The average Bonchev–Trinajstić information content (AvgIpc) is 2.47. The van der Waals surface area contributed by atoms with Crippen molar-refractivity contribution >= 4 is 5.97 Å². The zero-order chi connectivity index (χ0) is 15.2. The van der Waals surface area contributed by atoms with Gasteiger partial charge in [-0.2, -0.15) is 0 Å². The largest absolute Gasteiger partial charge is 0.494 e. The molecule has 0 radical (unpaired) electrons. The van der Waals surface area contributed by atoms with Gasteiger partial charge in [-0.05, 0) is 37.1 Å². The third-order valence-corrected chi connectivity index (χ3v) is 2.88. The summed E-state index contributed by atoms with van der Waals surface area (Å²) in [6.07, 6.45) is 3.91. The topological polar surface area (TPSA) is 81.4 Å². The third-order valence-electron chi connectivity index (χ3n) is 2.88. The minimum absolute atomic E-state index is 0.187. The lowest BCUT2D eigenvalue weighted by Gasteiger charge is -2.08. The Morgan fingerprint density at radius 3 is 3.00 bits per heavy atom. The molecule has 0 aliphatic heterocycles. The molecule has 1 aromatic carbocycles. The van der Waals surface area contributed by atoms with Crippen LogP contribution in [0.5, 0.6) is 5.75 Å². The summed E-state index contributed by atoms with van der Waals surface area (Å²) < 4.78 is 7.02. The van der Waals surface area contributed by atoms with E-state index in [9.17, 15) is 9.59 Å². The van der Waals surface area contributed by atoms with Crippen molar-refractivity contribution in [1.29, 1.82) is 0 Å². The Hall–Kier alpha value is -2.63. The molecule has 0 aliphatic rings. The van der Waals surface area contributed by atoms with Crippen molar-refractivity contribution in [2.24, 2.45) is 0 Å². The van der Waals surface area contributed by atoms with E-state index in [1.165, 1.54) is 22.9 Å². The zero-order valence-corrected chi connectivity index (χ0v) is 11.7. The van der Waals surface area contributed by atoms with Gasteiger partial charge in [0.15, 0.2) is 0 Å². The summed E-state index contributed by atoms with van der Waals surface area (Å²) in [5, 5.41) is 8.89. The molecule has 21 heavy (non-hydrogen) atoms. The Balaban J connectivity index is 1.87. The molecule has 1 aromatic heterocycles. The molecule has 0 saturated heterocycles. The average molecular weight is 288 g/mol. The predicted molar refractivity (Wildman–Crippen MR) is 76.7 cm³/mol. The molecule has 2 rings (SSSR count). The standard InChI is InChI=1S/C15H16N2O4/c1-11-9-16-15(20)17(10-11)6-3-7-21-13-5-2-4-12(8-13)14(18)19/h2,4-5,8-10H,3,6-7H2,1H3,(H,18,19). The first-order valence-corrected chi connectivity index (χ1v) is 6.55. The fourth-order valence-corrected chi connectivity index (χ4v) is 1.87. The molecule has 2 aromatic rings. The number of carbonyl (C=O) groups is 1. The summed E-state index contributed by atoms with van der Waals surface area (Å²) in [5.74, 6) is -0.484. The van der Waals surface area contributed by atoms with Gasteiger partial charge in [0, 0.05) is 18.9 Å². The fourth-order valence-electron chi connectivity index (χ4n) is 1.87. The van der Waals surface area contributed by atoms with Gasteiger partial charge in [0.1, 0.15) is 5.75 Å². The zero-order valence-electron chi connectivity index (χ0n) is 11.7. The van der Waals surface area contributed by atoms with Crippen LogP contribution in [0.2, 0.25) is 0 Å². The first kappa shape index (κ1) is 14.8. The smallest absolute Gasteiger partial charge is 0.347 e. The number of aromatic nitrogens is 2. The number of nitrogens with zero attached hydrogens (tertiary/aromatic N) is 2. The highest BCUT2D eigenvalue weighted by Crippen LogP contribution is 2.13. The lowest BCUT2D eigenvalue weighted by Crippen LogP contribution is -2.23. The van der Waals surface area contributed by atoms with Crippen molar-refractivity contribution in [3.05, 3.63) is 58.3 Å². The van der Waals surface area contributed by atoms with E-state index in [1.807, 2.05) is 6.92 Å². The summed E-state index contributed by atoms with van der Waals surface area (Å²) in [5.41, 5.74) is 0.824. The van der Waals surface area contributed by atoms with E-state index in [1.54, 1.807) is 18.3 Å². The molecule has 0 aliphatic carbocycles. The van der Waals surface area contributed by atoms with Crippen LogP contribution in [0.25, 0.3) is 0 Å². The Morgan fingerprint density at radius 2 is 2.24 bits per heavy atom. The number of hydrogen-bond acceptors (Lipinski definition) is 4. The number of aryl methyl sites for hydroxylation is 2. The van der Waals surface area contributed by atoms with Crippen LogP contribution in [0.3, 0.4) is 0 Å². The summed E-state index contributed by atoms with van der Waals surface area (Å²) >= 11 is 0. The van der Waals surface area contributed by atoms with Gasteiger partial charge in [-0.1, -0.05) is 6.07 Å². The van der Waals surface area contributed by atoms with Crippen molar-refractivity contribution in [2.45, 2.75) is 19.9 Å². The van der Waals surface area contributed by atoms with Crippen molar-refractivity contribution in [2.75, 3.05) is 6.61 Å². The molecule has 6 nitrogen and oxygen atoms in total. The molecule has 0 atom stereocenters. The molecule has 1 N–H and O–H groups in total. The maximum absolute atomic E-state index is 11.5. The number of aromatic carboxylic acids is 1. The number of carboxylic acid groups (broad SMARTS) is 1. The third kappa shape index (κ3) is 4.17. The van der Waals surface area contributed by atoms with Gasteiger partial charge >= 0.3 is 11.7 Å². The molecule has 0 bridgehead atoms. The highest BCUT2D eigenvalue weighted by Gasteiger charge is 2.04. The Bertz CT molecular complexity index is 694. The van der Waals surface area contributed by atoms with Crippen LogP contribution < -0.4 is 10.4 Å². The van der Waals surface area contributed by atoms with Crippen LogP contribution in [-0.2, 0) is 6.54 Å². The van der Waals surface area contributed by atoms with Gasteiger partial charge in [-0.3, -0.25) is 4.57 Å².